The van der Waals surface area contributed by atoms with E-state index in [9.17, 15) is 13.2 Å². The Balaban J connectivity index is 1.61. The van der Waals surface area contributed by atoms with Crippen molar-refractivity contribution in [2.24, 2.45) is 0 Å². The third-order valence-electron chi connectivity index (χ3n) is 6.25. The summed E-state index contributed by atoms with van der Waals surface area (Å²) in [6.45, 7) is 6.34. The number of carbonyl (C=O) groups is 1. The molecule has 3 aromatic carbocycles. The van der Waals surface area contributed by atoms with Gasteiger partial charge in [-0.2, -0.15) is 0 Å². The van der Waals surface area contributed by atoms with Crippen molar-refractivity contribution in [1.29, 1.82) is 0 Å². The van der Waals surface area contributed by atoms with Gasteiger partial charge in [0.25, 0.3) is 10.0 Å². The van der Waals surface area contributed by atoms with Gasteiger partial charge in [0.15, 0.2) is 11.5 Å². The van der Waals surface area contributed by atoms with Gasteiger partial charge in [-0.3, -0.25) is 9.10 Å². The molecule has 1 amide bonds. The molecule has 0 radical (unpaired) electrons. The van der Waals surface area contributed by atoms with Crippen molar-refractivity contribution in [2.45, 2.75) is 18.7 Å². The number of aryl methyl sites for hydroxylation is 2. The van der Waals surface area contributed by atoms with E-state index in [2.05, 4.69) is 10.2 Å². The Morgan fingerprint density at radius 1 is 0.921 bits per heavy atom. The number of nitrogens with zero attached hydrogens (tertiary/aromatic N) is 2. The highest BCUT2D eigenvalue weighted by Crippen LogP contribution is 2.33. The molecule has 202 valence electrons. The summed E-state index contributed by atoms with van der Waals surface area (Å²) in [5, 5.41) is 2.83. The normalized spacial score (nSPS) is 13.6. The number of nitrogens with one attached hydrogen (secondary N) is 1. The highest BCUT2D eigenvalue weighted by molar-refractivity contribution is 7.92. The minimum atomic E-state index is -4.14. The molecule has 4 rings (SSSR count). The van der Waals surface area contributed by atoms with Gasteiger partial charge in [0, 0.05) is 30.5 Å². The Morgan fingerprint density at radius 3 is 2.16 bits per heavy atom. The number of rotatable bonds is 9. The zero-order chi connectivity index (χ0) is 27.3. The van der Waals surface area contributed by atoms with Crippen LogP contribution in [0, 0.1) is 13.8 Å². The maximum Gasteiger partial charge on any atom is 0.264 e. The fraction of sp³-hybridized carbons (Fsp3) is 0.321. The quantitative estimate of drug-likeness (QED) is 0.439. The first kappa shape index (κ1) is 27.3. The third kappa shape index (κ3) is 6.20. The molecule has 3 aromatic rings. The summed E-state index contributed by atoms with van der Waals surface area (Å²) >= 11 is 0. The van der Waals surface area contributed by atoms with Crippen molar-refractivity contribution in [3.63, 3.8) is 0 Å². The molecule has 1 aliphatic rings. The van der Waals surface area contributed by atoms with Crippen LogP contribution in [0.2, 0.25) is 0 Å². The maximum absolute atomic E-state index is 13.9. The topological polar surface area (TPSA) is 97.4 Å². The van der Waals surface area contributed by atoms with E-state index in [1.54, 1.807) is 12.1 Å². The Kier molecular flexibility index (Phi) is 8.43. The van der Waals surface area contributed by atoms with Crippen LogP contribution >= 0.6 is 0 Å². The number of ether oxygens (including phenoxy) is 3. The van der Waals surface area contributed by atoms with Crippen LogP contribution in [0.15, 0.2) is 65.6 Å². The van der Waals surface area contributed by atoms with Gasteiger partial charge in [-0.25, -0.2) is 8.42 Å². The molecule has 9 nitrogen and oxygen atoms in total. The van der Waals surface area contributed by atoms with Gasteiger partial charge in [-0.05, 0) is 73.5 Å². The molecule has 10 heteroatoms. The molecule has 0 saturated carbocycles. The molecule has 1 aliphatic heterocycles. The molecule has 0 aliphatic carbocycles. The number of hydrogen-bond donors (Lipinski definition) is 1. The lowest BCUT2D eigenvalue weighted by Crippen LogP contribution is -2.38. The van der Waals surface area contributed by atoms with E-state index in [-0.39, 0.29) is 10.6 Å². The smallest absolute Gasteiger partial charge is 0.264 e. The summed E-state index contributed by atoms with van der Waals surface area (Å²) in [5.74, 6) is 0.216. The van der Waals surface area contributed by atoms with E-state index < -0.39 is 22.5 Å². The van der Waals surface area contributed by atoms with Crippen molar-refractivity contribution >= 4 is 33.0 Å². The molecule has 0 aromatic heterocycles. The monoisotopic (exact) mass is 539 g/mol. The second-order valence-electron chi connectivity index (χ2n) is 9.07. The summed E-state index contributed by atoms with van der Waals surface area (Å²) < 4.78 is 44.8. The molecular formula is C28H33N3O6S. The minimum absolute atomic E-state index is 0.0167. The molecular weight excluding hydrogens is 506 g/mol. The zero-order valence-electron chi connectivity index (χ0n) is 22.1. The highest BCUT2D eigenvalue weighted by Gasteiger charge is 2.29. The second-order valence-corrected chi connectivity index (χ2v) is 10.9. The molecule has 1 N–H and O–H groups in total. The predicted molar refractivity (Wildman–Crippen MR) is 148 cm³/mol. The van der Waals surface area contributed by atoms with Crippen molar-refractivity contribution in [2.75, 3.05) is 61.6 Å². The van der Waals surface area contributed by atoms with Crippen molar-refractivity contribution in [1.82, 2.24) is 0 Å². The van der Waals surface area contributed by atoms with Crippen molar-refractivity contribution in [3.8, 4) is 11.5 Å². The molecule has 0 unspecified atom stereocenters. The van der Waals surface area contributed by atoms with Crippen LogP contribution in [0.4, 0.5) is 17.1 Å². The molecule has 0 spiro atoms. The van der Waals surface area contributed by atoms with Gasteiger partial charge in [0.2, 0.25) is 5.91 Å². The van der Waals surface area contributed by atoms with Gasteiger partial charge in [0.1, 0.15) is 6.54 Å². The summed E-state index contributed by atoms with van der Waals surface area (Å²) in [7, 11) is -1.22. The number of sulfonamides is 1. The number of amides is 1. The van der Waals surface area contributed by atoms with Crippen LogP contribution in [-0.2, 0) is 19.6 Å². The van der Waals surface area contributed by atoms with E-state index in [1.165, 1.54) is 32.4 Å². The van der Waals surface area contributed by atoms with E-state index in [1.807, 2.05) is 44.2 Å². The minimum Gasteiger partial charge on any atom is -0.493 e. The molecule has 1 saturated heterocycles. The fourth-order valence-corrected chi connectivity index (χ4v) is 5.84. The standard InChI is InChI=1S/C28H33N3O6S/c1-20-15-21(2)17-24(16-20)31(38(33,34)25-9-10-26(35-3)27(18-25)36-4)19-28(32)29-22-5-7-23(8-6-22)30-11-13-37-14-12-30/h5-10,15-18H,11-14,19H2,1-4H3,(H,29,32). The average molecular weight is 540 g/mol. The van der Waals surface area contributed by atoms with Crippen LogP contribution in [-0.4, -0.2) is 61.4 Å². The Labute approximate surface area is 224 Å². The van der Waals surface area contributed by atoms with E-state index >= 15 is 0 Å². The largest absolute Gasteiger partial charge is 0.493 e. The SMILES string of the molecule is COc1ccc(S(=O)(=O)N(CC(=O)Nc2ccc(N3CCOCC3)cc2)c2cc(C)cc(C)c2)cc1OC. The van der Waals surface area contributed by atoms with Crippen LogP contribution in [0.1, 0.15) is 11.1 Å². The molecule has 0 atom stereocenters. The first-order valence-electron chi connectivity index (χ1n) is 12.3. The summed E-state index contributed by atoms with van der Waals surface area (Å²) in [4.78, 5) is 15.4. The number of carbonyl (C=O) groups excluding carboxylic acids is 1. The lowest BCUT2D eigenvalue weighted by Gasteiger charge is -2.29. The van der Waals surface area contributed by atoms with E-state index in [4.69, 9.17) is 14.2 Å². The van der Waals surface area contributed by atoms with Crippen LogP contribution in [0.25, 0.3) is 0 Å². The second kappa shape index (κ2) is 11.7. The number of benzene rings is 3. The third-order valence-corrected chi connectivity index (χ3v) is 8.02. The van der Waals surface area contributed by atoms with Gasteiger partial charge in [0.05, 0.1) is 38.0 Å². The van der Waals surface area contributed by atoms with Gasteiger partial charge in [-0.1, -0.05) is 6.07 Å². The number of methoxy groups -OCH3 is 2. The van der Waals surface area contributed by atoms with E-state index in [0.29, 0.717) is 30.3 Å². The fourth-order valence-electron chi connectivity index (χ4n) is 4.42. The molecule has 1 heterocycles. The summed E-state index contributed by atoms with van der Waals surface area (Å²) in [6.07, 6.45) is 0. The number of hydrogen-bond acceptors (Lipinski definition) is 7. The van der Waals surface area contributed by atoms with Crippen molar-refractivity contribution < 1.29 is 27.4 Å². The van der Waals surface area contributed by atoms with Crippen molar-refractivity contribution in [3.05, 3.63) is 71.8 Å². The Bertz CT molecular complexity index is 1370. The molecule has 38 heavy (non-hydrogen) atoms. The molecule has 1 fully saturated rings. The Morgan fingerprint density at radius 2 is 1.55 bits per heavy atom. The van der Waals surface area contributed by atoms with Crippen LogP contribution in [0.5, 0.6) is 11.5 Å². The number of morpholine rings is 1. The first-order valence-corrected chi connectivity index (χ1v) is 13.7. The van der Waals surface area contributed by atoms with E-state index in [0.717, 1.165) is 34.2 Å². The predicted octanol–water partition coefficient (Wildman–Crippen LogP) is 3.99. The van der Waals surface area contributed by atoms with Gasteiger partial charge >= 0.3 is 0 Å². The Hall–Kier alpha value is -3.76. The summed E-state index contributed by atoms with van der Waals surface area (Å²) in [5.41, 5.74) is 3.78. The lowest BCUT2D eigenvalue weighted by molar-refractivity contribution is -0.114. The first-order chi connectivity index (χ1) is 18.2. The van der Waals surface area contributed by atoms with Crippen LogP contribution < -0.4 is 24.0 Å². The van der Waals surface area contributed by atoms with Gasteiger partial charge < -0.3 is 24.4 Å². The van der Waals surface area contributed by atoms with Crippen LogP contribution in [0.3, 0.4) is 0 Å². The number of anilines is 3. The molecule has 0 bridgehead atoms. The average Bonchev–Trinajstić information content (AvgIpc) is 2.91. The maximum atomic E-state index is 13.9. The zero-order valence-corrected chi connectivity index (χ0v) is 22.9. The highest BCUT2D eigenvalue weighted by atomic mass is 32.2. The lowest BCUT2D eigenvalue weighted by atomic mass is 10.1. The van der Waals surface area contributed by atoms with Gasteiger partial charge in [-0.15, -0.1) is 0 Å². The summed E-state index contributed by atoms with van der Waals surface area (Å²) in [6, 6.07) is 17.3.